The minimum absolute atomic E-state index is 0.220. The molecule has 1 saturated heterocycles. The molecular weight excluding hydrogens is 408 g/mol. The molecule has 2 aliphatic heterocycles. The SMILES string of the molecule is CC1(c2ccccc2)NC(=O)N(NC(=O)c2ccc3c(c2)CCN3S(C)(=O)=O)C1=O. The highest BCUT2D eigenvalue weighted by molar-refractivity contribution is 7.92. The van der Waals surface area contributed by atoms with Gasteiger partial charge in [0.15, 0.2) is 0 Å². The van der Waals surface area contributed by atoms with Crippen LogP contribution in [0, 0.1) is 0 Å². The number of rotatable bonds is 4. The molecule has 2 aliphatic rings. The third-order valence-corrected chi connectivity index (χ3v) is 6.53. The van der Waals surface area contributed by atoms with Gasteiger partial charge in [-0.05, 0) is 42.7 Å². The quantitative estimate of drug-likeness (QED) is 0.708. The number of nitrogens with one attached hydrogen (secondary N) is 2. The number of sulfonamides is 1. The summed E-state index contributed by atoms with van der Waals surface area (Å²) >= 11 is 0. The fourth-order valence-corrected chi connectivity index (χ4v) is 4.69. The minimum Gasteiger partial charge on any atom is -0.318 e. The van der Waals surface area contributed by atoms with Gasteiger partial charge >= 0.3 is 6.03 Å². The van der Waals surface area contributed by atoms with Crippen LogP contribution in [-0.2, 0) is 26.8 Å². The van der Waals surface area contributed by atoms with Crippen molar-refractivity contribution in [3.05, 3.63) is 65.2 Å². The zero-order valence-electron chi connectivity index (χ0n) is 16.4. The molecule has 0 spiro atoms. The average molecular weight is 428 g/mol. The molecule has 0 aliphatic carbocycles. The summed E-state index contributed by atoms with van der Waals surface area (Å²) < 4.78 is 25.0. The van der Waals surface area contributed by atoms with Gasteiger partial charge in [-0.25, -0.2) is 13.2 Å². The molecule has 4 amide bonds. The summed E-state index contributed by atoms with van der Waals surface area (Å²) in [6.07, 6.45) is 1.60. The molecule has 10 heteroatoms. The van der Waals surface area contributed by atoms with Crippen LogP contribution >= 0.6 is 0 Å². The highest BCUT2D eigenvalue weighted by atomic mass is 32.2. The first-order valence-corrected chi connectivity index (χ1v) is 11.1. The van der Waals surface area contributed by atoms with Crippen molar-refractivity contribution in [3.8, 4) is 0 Å². The Morgan fingerprint density at radius 2 is 1.83 bits per heavy atom. The first-order chi connectivity index (χ1) is 14.1. The van der Waals surface area contributed by atoms with Crippen LogP contribution in [0.5, 0.6) is 0 Å². The second-order valence-corrected chi connectivity index (χ2v) is 9.34. The largest absolute Gasteiger partial charge is 0.344 e. The summed E-state index contributed by atoms with van der Waals surface area (Å²) in [5.74, 6) is -1.24. The van der Waals surface area contributed by atoms with E-state index in [2.05, 4.69) is 10.7 Å². The molecule has 0 bridgehead atoms. The lowest BCUT2D eigenvalue weighted by Gasteiger charge is -2.22. The summed E-state index contributed by atoms with van der Waals surface area (Å²) in [6.45, 7) is 1.88. The molecule has 1 fully saturated rings. The molecule has 2 heterocycles. The van der Waals surface area contributed by atoms with E-state index in [1.165, 1.54) is 10.4 Å². The van der Waals surface area contributed by atoms with Crippen molar-refractivity contribution in [3.63, 3.8) is 0 Å². The van der Waals surface area contributed by atoms with E-state index in [1.54, 1.807) is 49.4 Å². The monoisotopic (exact) mass is 428 g/mol. The zero-order valence-corrected chi connectivity index (χ0v) is 17.2. The van der Waals surface area contributed by atoms with E-state index in [9.17, 15) is 22.8 Å². The van der Waals surface area contributed by atoms with Crippen LogP contribution in [0.3, 0.4) is 0 Å². The fourth-order valence-electron chi connectivity index (χ4n) is 3.73. The zero-order chi connectivity index (χ0) is 21.7. The number of amides is 4. The van der Waals surface area contributed by atoms with Crippen molar-refractivity contribution >= 4 is 33.6 Å². The van der Waals surface area contributed by atoms with Gasteiger partial charge in [0, 0.05) is 12.1 Å². The maximum absolute atomic E-state index is 12.9. The molecule has 0 saturated carbocycles. The number of fused-ring (bicyclic) bond motifs is 1. The summed E-state index contributed by atoms with van der Waals surface area (Å²) in [7, 11) is -3.39. The van der Waals surface area contributed by atoms with Gasteiger partial charge < -0.3 is 5.32 Å². The number of benzene rings is 2. The number of nitrogens with zero attached hydrogens (tertiary/aromatic N) is 2. The fraction of sp³-hybridized carbons (Fsp3) is 0.250. The first kappa shape index (κ1) is 19.9. The van der Waals surface area contributed by atoms with E-state index in [4.69, 9.17) is 0 Å². The van der Waals surface area contributed by atoms with Crippen LogP contribution in [0.4, 0.5) is 10.5 Å². The Kier molecular flexibility index (Phi) is 4.53. The van der Waals surface area contributed by atoms with Crippen LogP contribution in [0.2, 0.25) is 0 Å². The first-order valence-electron chi connectivity index (χ1n) is 9.25. The second kappa shape index (κ2) is 6.84. The third-order valence-electron chi connectivity index (χ3n) is 5.35. The van der Waals surface area contributed by atoms with Gasteiger partial charge in [-0.2, -0.15) is 5.01 Å². The Morgan fingerprint density at radius 1 is 1.13 bits per heavy atom. The van der Waals surface area contributed by atoms with Crippen molar-refractivity contribution in [1.82, 2.24) is 15.8 Å². The predicted molar refractivity (Wildman–Crippen MR) is 109 cm³/mol. The highest BCUT2D eigenvalue weighted by Gasteiger charge is 2.50. The van der Waals surface area contributed by atoms with E-state index in [0.717, 1.165) is 6.26 Å². The number of anilines is 1. The minimum atomic E-state index is -3.39. The van der Waals surface area contributed by atoms with Gasteiger partial charge in [-0.1, -0.05) is 30.3 Å². The Morgan fingerprint density at radius 3 is 2.50 bits per heavy atom. The molecule has 2 N–H and O–H groups in total. The van der Waals surface area contributed by atoms with E-state index >= 15 is 0 Å². The second-order valence-electron chi connectivity index (χ2n) is 7.43. The molecule has 2 aromatic rings. The maximum atomic E-state index is 12.9. The van der Waals surface area contributed by atoms with Gasteiger partial charge in [-0.3, -0.25) is 19.3 Å². The lowest BCUT2D eigenvalue weighted by molar-refractivity contribution is -0.132. The smallest absolute Gasteiger partial charge is 0.318 e. The molecule has 156 valence electrons. The Bertz CT molecular complexity index is 1160. The van der Waals surface area contributed by atoms with Crippen LogP contribution in [0.25, 0.3) is 0 Å². The third kappa shape index (κ3) is 3.18. The highest BCUT2D eigenvalue weighted by Crippen LogP contribution is 2.31. The summed E-state index contributed by atoms with van der Waals surface area (Å²) in [4.78, 5) is 38.0. The van der Waals surface area contributed by atoms with Crippen molar-refractivity contribution in [2.24, 2.45) is 0 Å². The van der Waals surface area contributed by atoms with Crippen LogP contribution < -0.4 is 15.0 Å². The predicted octanol–water partition coefficient (Wildman–Crippen LogP) is 1.12. The standard InChI is InChI=1S/C20H20N4O5S/c1-20(15-6-4-3-5-7-15)18(26)24(19(27)21-20)22-17(25)14-8-9-16-13(12-14)10-11-23(16)30(2,28)29/h3-9,12H,10-11H2,1-2H3,(H,21,27)(H,22,25). The van der Waals surface area contributed by atoms with Crippen LogP contribution in [0.15, 0.2) is 48.5 Å². The van der Waals surface area contributed by atoms with E-state index in [1.807, 2.05) is 0 Å². The molecular formula is C20H20N4O5S. The summed E-state index contributed by atoms with van der Waals surface area (Å²) in [6, 6.07) is 12.6. The molecule has 9 nitrogen and oxygen atoms in total. The average Bonchev–Trinajstić information content (AvgIpc) is 3.23. The van der Waals surface area contributed by atoms with Crippen molar-refractivity contribution in [1.29, 1.82) is 0 Å². The van der Waals surface area contributed by atoms with E-state index in [0.29, 0.717) is 34.8 Å². The van der Waals surface area contributed by atoms with Crippen molar-refractivity contribution in [2.45, 2.75) is 18.9 Å². The summed E-state index contributed by atoms with van der Waals surface area (Å²) in [5, 5.41) is 3.29. The number of carbonyl (C=O) groups is 3. The van der Waals surface area contributed by atoms with E-state index in [-0.39, 0.29) is 5.56 Å². The van der Waals surface area contributed by atoms with Crippen LogP contribution in [-0.4, -0.2) is 44.1 Å². The molecule has 1 unspecified atom stereocenters. The molecule has 30 heavy (non-hydrogen) atoms. The topological polar surface area (TPSA) is 116 Å². The van der Waals surface area contributed by atoms with Gasteiger partial charge in [0.1, 0.15) is 5.54 Å². The molecule has 0 radical (unpaired) electrons. The Hall–Kier alpha value is -3.40. The lowest BCUT2D eigenvalue weighted by Crippen LogP contribution is -2.47. The van der Waals surface area contributed by atoms with Crippen LogP contribution in [0.1, 0.15) is 28.4 Å². The van der Waals surface area contributed by atoms with Gasteiger partial charge in [0.05, 0.1) is 11.9 Å². The van der Waals surface area contributed by atoms with Gasteiger partial charge in [0.2, 0.25) is 10.0 Å². The van der Waals surface area contributed by atoms with Crippen molar-refractivity contribution in [2.75, 3.05) is 17.1 Å². The normalized spacial score (nSPS) is 20.9. The van der Waals surface area contributed by atoms with Gasteiger partial charge in [0.25, 0.3) is 11.8 Å². The Labute approximate surface area is 173 Å². The summed E-state index contributed by atoms with van der Waals surface area (Å²) in [5.41, 5.74) is 3.11. The van der Waals surface area contributed by atoms with Crippen molar-refractivity contribution < 1.29 is 22.8 Å². The number of carbonyl (C=O) groups excluding carboxylic acids is 3. The molecule has 0 aromatic heterocycles. The number of imide groups is 1. The molecule has 2 aromatic carbocycles. The number of hydrazine groups is 1. The molecule has 4 rings (SSSR count). The van der Waals surface area contributed by atoms with E-state index < -0.39 is 33.4 Å². The molecule has 1 atom stereocenters. The number of hydrogen-bond acceptors (Lipinski definition) is 5. The maximum Gasteiger partial charge on any atom is 0.344 e. The Balaban J connectivity index is 1.55. The number of urea groups is 1. The number of hydrogen-bond donors (Lipinski definition) is 2. The van der Waals surface area contributed by atoms with Gasteiger partial charge in [-0.15, -0.1) is 0 Å². The lowest BCUT2D eigenvalue weighted by atomic mass is 9.92.